The monoisotopic (exact) mass is 375 g/mol. The zero-order chi connectivity index (χ0) is 18.4. The van der Waals surface area contributed by atoms with Crippen LogP contribution in [0, 0.1) is 0 Å². The number of carbonyl (C=O) groups is 1. The van der Waals surface area contributed by atoms with Crippen molar-refractivity contribution < 1.29 is 14.6 Å². The van der Waals surface area contributed by atoms with Crippen molar-refractivity contribution in [1.29, 1.82) is 0 Å². The summed E-state index contributed by atoms with van der Waals surface area (Å²) in [4.78, 5) is 18.8. The fourth-order valence-electron chi connectivity index (χ4n) is 3.24. The van der Waals surface area contributed by atoms with Gasteiger partial charge in [-0.2, -0.15) is 0 Å². The van der Waals surface area contributed by atoms with Gasteiger partial charge in [-0.1, -0.05) is 12.1 Å². The highest BCUT2D eigenvalue weighted by atomic mass is 32.1. The minimum atomic E-state index is -1.33. The summed E-state index contributed by atoms with van der Waals surface area (Å²) < 4.78 is 5.24. The van der Waals surface area contributed by atoms with Gasteiger partial charge in [-0.05, 0) is 30.5 Å². The number of carbonyl (C=O) groups excluding carboxylic acids is 1. The number of hydrogen-bond acceptors (Lipinski definition) is 6. The summed E-state index contributed by atoms with van der Waals surface area (Å²) in [6, 6.07) is 7.68. The average Bonchev–Trinajstić information content (AvgIpc) is 3.17. The lowest BCUT2D eigenvalue weighted by Gasteiger charge is -2.38. The van der Waals surface area contributed by atoms with Gasteiger partial charge >= 0.3 is 0 Å². The van der Waals surface area contributed by atoms with Crippen LogP contribution in [0.5, 0.6) is 5.75 Å². The molecular formula is C19H25N3O3S. The van der Waals surface area contributed by atoms with E-state index in [2.05, 4.69) is 10.3 Å². The van der Waals surface area contributed by atoms with Crippen molar-refractivity contribution in [3.05, 3.63) is 46.4 Å². The first kappa shape index (κ1) is 18.8. The number of aliphatic hydroxyl groups is 1. The third kappa shape index (κ3) is 4.60. The number of nitrogens with zero attached hydrogens (tertiary/aromatic N) is 2. The quantitative estimate of drug-likeness (QED) is 0.689. The van der Waals surface area contributed by atoms with Crippen LogP contribution in [0.15, 0.2) is 35.8 Å². The Bertz CT molecular complexity index is 723. The molecule has 0 bridgehead atoms. The number of likely N-dealkylation sites (tertiary alicyclic amines) is 1. The first-order valence-corrected chi connectivity index (χ1v) is 9.72. The molecule has 0 saturated carbocycles. The molecule has 1 aliphatic rings. The Balaban J connectivity index is 1.55. The number of methoxy groups -OCH3 is 1. The molecule has 1 atom stereocenters. The Morgan fingerprint density at radius 1 is 1.46 bits per heavy atom. The standard InChI is InChI=1S/C19H25N3O3S/c1-25-16-5-2-4-15(12-16)13-22-10-3-7-19(24,18(22)23)14-20-8-6-17-21-9-11-26-17/h2,4-5,9,11-12,20,24H,3,6-8,10,13-14H2,1H3/t19-/m0/s1. The van der Waals surface area contributed by atoms with E-state index in [0.29, 0.717) is 26.1 Å². The van der Waals surface area contributed by atoms with E-state index >= 15 is 0 Å². The largest absolute Gasteiger partial charge is 0.497 e. The van der Waals surface area contributed by atoms with Crippen molar-refractivity contribution in [2.75, 3.05) is 26.7 Å². The van der Waals surface area contributed by atoms with Crippen molar-refractivity contribution in [3.63, 3.8) is 0 Å². The molecule has 0 radical (unpaired) electrons. The Labute approximate surface area is 157 Å². The van der Waals surface area contributed by atoms with Gasteiger partial charge in [0, 0.05) is 44.2 Å². The van der Waals surface area contributed by atoms with Gasteiger partial charge in [0.2, 0.25) is 0 Å². The molecule has 1 fully saturated rings. The van der Waals surface area contributed by atoms with Crippen LogP contribution >= 0.6 is 11.3 Å². The second-order valence-electron chi connectivity index (χ2n) is 6.57. The van der Waals surface area contributed by atoms with Crippen LogP contribution in [0.1, 0.15) is 23.4 Å². The Morgan fingerprint density at radius 3 is 3.12 bits per heavy atom. The van der Waals surface area contributed by atoms with E-state index in [1.165, 1.54) is 0 Å². The molecule has 2 N–H and O–H groups in total. The van der Waals surface area contributed by atoms with E-state index in [-0.39, 0.29) is 12.5 Å². The molecule has 0 spiro atoms. The van der Waals surface area contributed by atoms with E-state index in [1.54, 1.807) is 29.5 Å². The number of benzene rings is 1. The van der Waals surface area contributed by atoms with Crippen LogP contribution in [0.4, 0.5) is 0 Å². The second kappa shape index (κ2) is 8.62. The van der Waals surface area contributed by atoms with Crippen LogP contribution in [0.25, 0.3) is 0 Å². The molecule has 1 saturated heterocycles. The van der Waals surface area contributed by atoms with Gasteiger partial charge in [-0.3, -0.25) is 4.79 Å². The molecule has 2 aromatic rings. The molecule has 7 heteroatoms. The number of aromatic nitrogens is 1. The fraction of sp³-hybridized carbons (Fsp3) is 0.474. The number of rotatable bonds is 8. The number of hydrogen-bond donors (Lipinski definition) is 2. The summed E-state index contributed by atoms with van der Waals surface area (Å²) in [5.41, 5.74) is -0.335. The Morgan fingerprint density at radius 2 is 2.35 bits per heavy atom. The summed E-state index contributed by atoms with van der Waals surface area (Å²) >= 11 is 1.61. The topological polar surface area (TPSA) is 74.7 Å². The molecule has 26 heavy (non-hydrogen) atoms. The number of piperidine rings is 1. The SMILES string of the molecule is COc1cccc(CN2CCC[C@](O)(CNCCc3nccs3)C2=O)c1. The number of thiazole rings is 1. The second-order valence-corrected chi connectivity index (χ2v) is 7.55. The van der Waals surface area contributed by atoms with Gasteiger partial charge in [-0.25, -0.2) is 4.98 Å². The molecule has 1 aromatic carbocycles. The fourth-order valence-corrected chi connectivity index (χ4v) is 3.86. The van der Waals surface area contributed by atoms with Crippen LogP contribution in [-0.2, 0) is 17.8 Å². The molecular weight excluding hydrogens is 350 g/mol. The third-order valence-electron chi connectivity index (χ3n) is 4.63. The maximum Gasteiger partial charge on any atom is 0.256 e. The highest BCUT2D eigenvalue weighted by Gasteiger charge is 2.41. The van der Waals surface area contributed by atoms with Gasteiger partial charge in [-0.15, -0.1) is 11.3 Å². The van der Waals surface area contributed by atoms with E-state index in [0.717, 1.165) is 29.2 Å². The minimum Gasteiger partial charge on any atom is -0.497 e. The zero-order valence-corrected chi connectivity index (χ0v) is 15.8. The third-order valence-corrected chi connectivity index (χ3v) is 5.47. The molecule has 1 aromatic heterocycles. The number of amides is 1. The summed E-state index contributed by atoms with van der Waals surface area (Å²) in [5.74, 6) is 0.569. The Kier molecular flexibility index (Phi) is 6.24. The van der Waals surface area contributed by atoms with E-state index in [4.69, 9.17) is 4.74 Å². The zero-order valence-electron chi connectivity index (χ0n) is 15.0. The molecule has 0 aliphatic carbocycles. The average molecular weight is 375 g/mol. The van der Waals surface area contributed by atoms with Crippen molar-refractivity contribution >= 4 is 17.2 Å². The predicted molar refractivity (Wildman–Crippen MR) is 101 cm³/mol. The molecule has 3 rings (SSSR count). The van der Waals surface area contributed by atoms with Crippen LogP contribution < -0.4 is 10.1 Å². The van der Waals surface area contributed by atoms with E-state index in [9.17, 15) is 9.90 Å². The summed E-state index contributed by atoms with van der Waals surface area (Å²) in [6.45, 7) is 2.11. The normalized spacial score (nSPS) is 20.4. The van der Waals surface area contributed by atoms with Crippen molar-refractivity contribution in [1.82, 2.24) is 15.2 Å². The lowest BCUT2D eigenvalue weighted by molar-refractivity contribution is -0.157. The predicted octanol–water partition coefficient (Wildman–Crippen LogP) is 1.84. The first-order chi connectivity index (χ1) is 12.6. The number of ether oxygens (including phenoxy) is 1. The summed E-state index contributed by atoms with van der Waals surface area (Å²) in [5, 5.41) is 17.1. The van der Waals surface area contributed by atoms with Crippen LogP contribution in [0.2, 0.25) is 0 Å². The highest BCUT2D eigenvalue weighted by Crippen LogP contribution is 2.24. The van der Waals surface area contributed by atoms with Gasteiger partial charge in [0.05, 0.1) is 12.1 Å². The summed E-state index contributed by atoms with van der Waals surface area (Å²) in [6.07, 6.45) is 3.87. The van der Waals surface area contributed by atoms with Crippen molar-refractivity contribution in [2.24, 2.45) is 0 Å². The summed E-state index contributed by atoms with van der Waals surface area (Å²) in [7, 11) is 1.63. The molecule has 140 valence electrons. The van der Waals surface area contributed by atoms with Gasteiger partial charge in [0.1, 0.15) is 5.75 Å². The van der Waals surface area contributed by atoms with E-state index < -0.39 is 5.60 Å². The van der Waals surface area contributed by atoms with Crippen LogP contribution in [0.3, 0.4) is 0 Å². The lowest BCUT2D eigenvalue weighted by Crippen LogP contribution is -2.57. The van der Waals surface area contributed by atoms with Gasteiger partial charge in [0.25, 0.3) is 5.91 Å². The maximum atomic E-state index is 12.8. The lowest BCUT2D eigenvalue weighted by atomic mass is 9.91. The number of nitrogens with one attached hydrogen (secondary N) is 1. The molecule has 1 amide bonds. The van der Waals surface area contributed by atoms with Crippen LogP contribution in [-0.4, -0.2) is 53.2 Å². The molecule has 0 unspecified atom stereocenters. The molecule has 6 nitrogen and oxygen atoms in total. The Hall–Kier alpha value is -1.96. The molecule has 2 heterocycles. The van der Waals surface area contributed by atoms with E-state index in [1.807, 2.05) is 29.6 Å². The maximum absolute atomic E-state index is 12.8. The molecule has 1 aliphatic heterocycles. The van der Waals surface area contributed by atoms with Crippen molar-refractivity contribution in [3.8, 4) is 5.75 Å². The van der Waals surface area contributed by atoms with Gasteiger partial charge < -0.3 is 20.1 Å². The highest BCUT2D eigenvalue weighted by molar-refractivity contribution is 7.09. The minimum absolute atomic E-state index is 0.201. The first-order valence-electron chi connectivity index (χ1n) is 8.84. The van der Waals surface area contributed by atoms with Crippen molar-refractivity contribution in [2.45, 2.75) is 31.4 Å². The smallest absolute Gasteiger partial charge is 0.256 e. The van der Waals surface area contributed by atoms with Gasteiger partial charge in [0.15, 0.2) is 5.60 Å².